The van der Waals surface area contributed by atoms with Crippen LogP contribution in [0.5, 0.6) is 0 Å². The van der Waals surface area contributed by atoms with Crippen molar-refractivity contribution in [2.45, 2.75) is 0 Å². The summed E-state index contributed by atoms with van der Waals surface area (Å²) >= 11 is 1.83. The lowest BCUT2D eigenvalue weighted by molar-refractivity contribution is 1.42. The molecule has 1 N–H and O–H groups in total. The zero-order valence-electron chi connectivity index (χ0n) is 6.23. The third kappa shape index (κ3) is 4.51. The normalized spacial score (nSPS) is 13.8. The molecule has 11 heavy (non-hydrogen) atoms. The van der Waals surface area contributed by atoms with E-state index in [4.69, 9.17) is 0 Å². The SMILES string of the molecule is C1=CCSC=C1.c1cc[nH]c1. The number of rotatable bonds is 0. The molecule has 1 nitrogen and oxygen atoms in total. The molecular weight excluding hydrogens is 154 g/mol. The highest BCUT2D eigenvalue weighted by molar-refractivity contribution is 8.02. The molecular formula is C9H11NS. The Hall–Kier alpha value is -0.890. The van der Waals surface area contributed by atoms with Crippen molar-refractivity contribution in [3.63, 3.8) is 0 Å². The minimum absolute atomic E-state index is 1.15. The summed E-state index contributed by atoms with van der Waals surface area (Å²) in [5, 5.41) is 2.10. The van der Waals surface area contributed by atoms with Crippen LogP contribution in [0.1, 0.15) is 0 Å². The molecule has 2 heterocycles. The van der Waals surface area contributed by atoms with Crippen LogP contribution in [-0.4, -0.2) is 10.7 Å². The molecule has 0 unspecified atom stereocenters. The van der Waals surface area contributed by atoms with Crippen LogP contribution < -0.4 is 0 Å². The Bertz CT molecular complexity index is 182. The van der Waals surface area contributed by atoms with Gasteiger partial charge in [-0.2, -0.15) is 0 Å². The predicted molar refractivity (Wildman–Crippen MR) is 51.5 cm³/mol. The van der Waals surface area contributed by atoms with E-state index in [2.05, 4.69) is 22.5 Å². The van der Waals surface area contributed by atoms with Gasteiger partial charge in [0.25, 0.3) is 0 Å². The Morgan fingerprint density at radius 3 is 2.09 bits per heavy atom. The first-order valence-corrected chi connectivity index (χ1v) is 4.56. The molecule has 0 aliphatic carbocycles. The topological polar surface area (TPSA) is 15.8 Å². The summed E-state index contributed by atoms with van der Waals surface area (Å²) in [7, 11) is 0. The third-order valence-corrected chi connectivity index (χ3v) is 1.84. The van der Waals surface area contributed by atoms with Crippen LogP contribution in [0.2, 0.25) is 0 Å². The van der Waals surface area contributed by atoms with Crippen molar-refractivity contribution in [2.24, 2.45) is 0 Å². The van der Waals surface area contributed by atoms with E-state index in [0.717, 1.165) is 5.75 Å². The van der Waals surface area contributed by atoms with Gasteiger partial charge in [0.05, 0.1) is 0 Å². The van der Waals surface area contributed by atoms with Gasteiger partial charge in [0.15, 0.2) is 0 Å². The number of thioether (sulfide) groups is 1. The van der Waals surface area contributed by atoms with Gasteiger partial charge < -0.3 is 4.98 Å². The van der Waals surface area contributed by atoms with Crippen LogP contribution in [0.15, 0.2) is 48.2 Å². The largest absolute Gasteiger partial charge is 0.368 e. The van der Waals surface area contributed by atoms with E-state index >= 15 is 0 Å². The van der Waals surface area contributed by atoms with E-state index in [0.29, 0.717) is 0 Å². The molecule has 1 aliphatic rings. The predicted octanol–water partition coefficient (Wildman–Crippen LogP) is 2.82. The fraction of sp³-hybridized carbons (Fsp3) is 0.111. The second kappa shape index (κ2) is 5.86. The summed E-state index contributed by atoms with van der Waals surface area (Å²) in [6, 6.07) is 3.89. The smallest absolute Gasteiger partial charge is 0.0157 e. The highest BCUT2D eigenvalue weighted by atomic mass is 32.2. The second-order valence-corrected chi connectivity index (χ2v) is 2.91. The highest BCUT2D eigenvalue weighted by Crippen LogP contribution is 2.05. The minimum Gasteiger partial charge on any atom is -0.368 e. The van der Waals surface area contributed by atoms with Crippen LogP contribution in [0, 0.1) is 0 Å². The molecule has 0 atom stereocenters. The maximum absolute atomic E-state index is 2.86. The van der Waals surface area contributed by atoms with Gasteiger partial charge in [-0.1, -0.05) is 18.2 Å². The summed E-state index contributed by atoms with van der Waals surface area (Å²) < 4.78 is 0. The first kappa shape index (κ1) is 8.21. The van der Waals surface area contributed by atoms with Gasteiger partial charge in [-0.15, -0.1) is 11.8 Å². The first-order valence-electron chi connectivity index (χ1n) is 3.51. The Morgan fingerprint density at radius 1 is 1.09 bits per heavy atom. The molecule has 1 aliphatic heterocycles. The number of aromatic nitrogens is 1. The molecule has 0 radical (unpaired) electrons. The molecule has 0 spiro atoms. The molecule has 58 valence electrons. The van der Waals surface area contributed by atoms with Crippen molar-refractivity contribution in [3.05, 3.63) is 48.2 Å². The van der Waals surface area contributed by atoms with E-state index in [9.17, 15) is 0 Å². The van der Waals surface area contributed by atoms with E-state index < -0.39 is 0 Å². The molecule has 0 aromatic carbocycles. The van der Waals surface area contributed by atoms with E-state index in [1.807, 2.05) is 42.4 Å². The van der Waals surface area contributed by atoms with Gasteiger partial charge in [-0.25, -0.2) is 0 Å². The number of aromatic amines is 1. The standard InChI is InChI=1S/C5H6S.C4H5N/c1-2-4-6-5-3-1;1-2-4-5-3-1/h1-4H,5H2;1-5H. The van der Waals surface area contributed by atoms with Crippen molar-refractivity contribution < 1.29 is 0 Å². The Morgan fingerprint density at radius 2 is 1.91 bits per heavy atom. The lowest BCUT2D eigenvalue weighted by Gasteiger charge is -1.88. The molecule has 2 rings (SSSR count). The van der Waals surface area contributed by atoms with E-state index in [1.54, 1.807) is 0 Å². The van der Waals surface area contributed by atoms with Crippen LogP contribution in [-0.2, 0) is 0 Å². The van der Waals surface area contributed by atoms with Crippen LogP contribution in [0.3, 0.4) is 0 Å². The lowest BCUT2D eigenvalue weighted by atomic mass is 10.5. The van der Waals surface area contributed by atoms with Gasteiger partial charge in [0.1, 0.15) is 0 Å². The van der Waals surface area contributed by atoms with Crippen LogP contribution in [0.4, 0.5) is 0 Å². The average molecular weight is 165 g/mol. The molecule has 2 heteroatoms. The molecule has 0 fully saturated rings. The number of allylic oxidation sites excluding steroid dienone is 2. The monoisotopic (exact) mass is 165 g/mol. The summed E-state index contributed by atoms with van der Waals surface area (Å²) in [6.45, 7) is 0. The number of H-pyrrole nitrogens is 1. The first-order chi connectivity index (χ1) is 5.50. The maximum Gasteiger partial charge on any atom is 0.0157 e. The number of nitrogens with one attached hydrogen (secondary N) is 1. The van der Waals surface area contributed by atoms with Crippen molar-refractivity contribution in [1.82, 2.24) is 4.98 Å². The molecule has 0 saturated heterocycles. The fourth-order valence-corrected chi connectivity index (χ4v) is 1.16. The summed E-state index contributed by atoms with van der Waals surface area (Å²) in [6.07, 6.45) is 10.0. The average Bonchev–Trinajstić information content (AvgIpc) is 2.64. The van der Waals surface area contributed by atoms with E-state index in [-0.39, 0.29) is 0 Å². The number of hydrogen-bond donors (Lipinski definition) is 1. The fourth-order valence-electron chi connectivity index (χ4n) is 0.624. The van der Waals surface area contributed by atoms with Gasteiger partial charge >= 0.3 is 0 Å². The lowest BCUT2D eigenvalue weighted by Crippen LogP contribution is -1.67. The second-order valence-electron chi connectivity index (χ2n) is 1.97. The quantitative estimate of drug-likeness (QED) is 0.625. The van der Waals surface area contributed by atoms with E-state index in [1.165, 1.54) is 0 Å². The number of hydrogen-bond acceptors (Lipinski definition) is 1. The summed E-state index contributed by atoms with van der Waals surface area (Å²) in [5.74, 6) is 1.15. The molecule has 1 aromatic heterocycles. The van der Waals surface area contributed by atoms with Crippen molar-refractivity contribution >= 4 is 11.8 Å². The Labute approximate surface area is 71.2 Å². The third-order valence-electron chi connectivity index (χ3n) is 1.11. The molecule has 0 amide bonds. The minimum atomic E-state index is 1.15. The maximum atomic E-state index is 2.86. The zero-order chi connectivity index (χ0) is 7.78. The van der Waals surface area contributed by atoms with Gasteiger partial charge in [0, 0.05) is 18.1 Å². The van der Waals surface area contributed by atoms with Gasteiger partial charge in [-0.05, 0) is 17.5 Å². The van der Waals surface area contributed by atoms with Crippen molar-refractivity contribution in [2.75, 3.05) is 5.75 Å². The van der Waals surface area contributed by atoms with Gasteiger partial charge in [-0.3, -0.25) is 0 Å². The summed E-state index contributed by atoms with van der Waals surface area (Å²) in [4.78, 5) is 2.86. The van der Waals surface area contributed by atoms with Crippen molar-refractivity contribution in [1.29, 1.82) is 0 Å². The molecule has 1 aromatic rings. The highest BCUT2D eigenvalue weighted by Gasteiger charge is 1.77. The van der Waals surface area contributed by atoms with Crippen LogP contribution >= 0.6 is 11.8 Å². The van der Waals surface area contributed by atoms with Crippen LogP contribution in [0.25, 0.3) is 0 Å². The van der Waals surface area contributed by atoms with Gasteiger partial charge in [0.2, 0.25) is 0 Å². The van der Waals surface area contributed by atoms with Crippen molar-refractivity contribution in [3.8, 4) is 0 Å². The molecule has 0 saturated carbocycles. The zero-order valence-corrected chi connectivity index (χ0v) is 7.05. The molecule has 0 bridgehead atoms. The Balaban J connectivity index is 0.000000112. The summed E-state index contributed by atoms with van der Waals surface area (Å²) in [5.41, 5.74) is 0. The Kier molecular flexibility index (Phi) is 4.37.